The lowest BCUT2D eigenvalue weighted by molar-refractivity contribution is 0.0697. The lowest BCUT2D eigenvalue weighted by Crippen LogP contribution is -2.13. The summed E-state index contributed by atoms with van der Waals surface area (Å²) in [5.41, 5.74) is 3.30. The second-order valence-electron chi connectivity index (χ2n) is 6.09. The molecular weight excluding hydrogens is 397 g/mol. The maximum absolute atomic E-state index is 10.9. The van der Waals surface area contributed by atoms with Gasteiger partial charge in [-0.2, -0.15) is 0 Å². The zero-order valence-electron chi connectivity index (χ0n) is 15.1. The SMILES string of the molecule is Cl.O=C(O)c1ccc(CNCc2ccccc2OCc2ccccc2Cl)cc1. The maximum atomic E-state index is 10.9. The summed E-state index contributed by atoms with van der Waals surface area (Å²) in [5.74, 6) is -0.106. The van der Waals surface area contributed by atoms with E-state index in [4.69, 9.17) is 21.4 Å². The van der Waals surface area contributed by atoms with Gasteiger partial charge in [0.25, 0.3) is 0 Å². The minimum atomic E-state index is -0.917. The summed E-state index contributed by atoms with van der Waals surface area (Å²) in [6.07, 6.45) is 0. The van der Waals surface area contributed by atoms with E-state index in [9.17, 15) is 4.79 Å². The van der Waals surface area contributed by atoms with E-state index in [2.05, 4.69) is 5.32 Å². The van der Waals surface area contributed by atoms with Gasteiger partial charge in [-0.15, -0.1) is 12.4 Å². The molecule has 0 aromatic heterocycles. The van der Waals surface area contributed by atoms with Gasteiger partial charge in [0, 0.05) is 29.2 Å². The summed E-state index contributed by atoms with van der Waals surface area (Å²) in [4.78, 5) is 10.9. The molecule has 0 fully saturated rings. The first-order valence-electron chi connectivity index (χ1n) is 8.60. The highest BCUT2D eigenvalue weighted by Crippen LogP contribution is 2.22. The second-order valence-corrected chi connectivity index (χ2v) is 6.50. The van der Waals surface area contributed by atoms with Crippen molar-refractivity contribution in [2.45, 2.75) is 19.7 Å². The van der Waals surface area contributed by atoms with E-state index in [0.717, 1.165) is 22.4 Å². The lowest BCUT2D eigenvalue weighted by Gasteiger charge is -2.13. The number of nitrogens with one attached hydrogen (secondary N) is 1. The number of carboxylic acid groups (broad SMARTS) is 1. The third kappa shape index (κ3) is 5.99. The number of rotatable bonds is 8. The van der Waals surface area contributed by atoms with Crippen LogP contribution in [0.3, 0.4) is 0 Å². The first-order chi connectivity index (χ1) is 13.1. The predicted octanol–water partition coefficient (Wildman–Crippen LogP) is 5.33. The van der Waals surface area contributed by atoms with Gasteiger partial charge in [-0.25, -0.2) is 4.79 Å². The molecule has 3 aromatic carbocycles. The van der Waals surface area contributed by atoms with E-state index in [1.54, 1.807) is 12.1 Å². The summed E-state index contributed by atoms with van der Waals surface area (Å²) in [6, 6.07) is 22.4. The standard InChI is InChI=1S/C22H20ClNO3.ClH/c23-20-7-3-1-6-19(20)15-27-21-8-4-2-5-18(21)14-24-13-16-9-11-17(12-10-16)22(25)26;/h1-12,24H,13-15H2,(H,25,26);1H. The molecule has 0 atom stereocenters. The van der Waals surface area contributed by atoms with Crippen LogP contribution < -0.4 is 10.1 Å². The molecule has 3 rings (SSSR count). The zero-order valence-corrected chi connectivity index (χ0v) is 16.7. The van der Waals surface area contributed by atoms with Crippen LogP contribution >= 0.6 is 24.0 Å². The molecule has 0 saturated heterocycles. The molecule has 146 valence electrons. The van der Waals surface area contributed by atoms with Crippen molar-refractivity contribution >= 4 is 30.0 Å². The first kappa shape index (κ1) is 21.8. The van der Waals surface area contributed by atoms with Crippen LogP contribution in [0.4, 0.5) is 0 Å². The summed E-state index contributed by atoms with van der Waals surface area (Å²) < 4.78 is 5.96. The zero-order chi connectivity index (χ0) is 19.1. The van der Waals surface area contributed by atoms with E-state index in [-0.39, 0.29) is 18.0 Å². The van der Waals surface area contributed by atoms with Crippen molar-refractivity contribution in [1.82, 2.24) is 5.32 Å². The summed E-state index contributed by atoms with van der Waals surface area (Å²) in [6.45, 7) is 1.69. The molecule has 0 aliphatic carbocycles. The van der Waals surface area contributed by atoms with E-state index in [1.807, 2.05) is 60.7 Å². The lowest BCUT2D eigenvalue weighted by atomic mass is 10.1. The number of ether oxygens (including phenoxy) is 1. The topological polar surface area (TPSA) is 58.6 Å². The molecule has 6 heteroatoms. The van der Waals surface area contributed by atoms with Gasteiger partial charge in [-0.3, -0.25) is 0 Å². The predicted molar refractivity (Wildman–Crippen MR) is 113 cm³/mol. The van der Waals surface area contributed by atoms with Gasteiger partial charge in [-0.1, -0.05) is 60.1 Å². The van der Waals surface area contributed by atoms with E-state index in [0.29, 0.717) is 24.7 Å². The maximum Gasteiger partial charge on any atom is 0.335 e. The molecule has 0 bridgehead atoms. The van der Waals surface area contributed by atoms with E-state index in [1.165, 1.54) is 0 Å². The van der Waals surface area contributed by atoms with Crippen LogP contribution in [-0.4, -0.2) is 11.1 Å². The number of benzene rings is 3. The molecule has 0 amide bonds. The third-order valence-electron chi connectivity index (χ3n) is 4.16. The van der Waals surface area contributed by atoms with Crippen LogP contribution in [-0.2, 0) is 19.7 Å². The Morgan fingerprint density at radius 3 is 2.21 bits per heavy atom. The van der Waals surface area contributed by atoms with Crippen LogP contribution in [0.5, 0.6) is 5.75 Å². The number of hydrogen-bond acceptors (Lipinski definition) is 3. The number of carbonyl (C=O) groups is 1. The molecule has 4 nitrogen and oxygen atoms in total. The van der Waals surface area contributed by atoms with Crippen LogP contribution in [0, 0.1) is 0 Å². The van der Waals surface area contributed by atoms with Gasteiger partial charge >= 0.3 is 5.97 Å². The van der Waals surface area contributed by atoms with Gasteiger partial charge in [0.15, 0.2) is 0 Å². The monoisotopic (exact) mass is 417 g/mol. The van der Waals surface area contributed by atoms with Gasteiger partial charge in [0.05, 0.1) is 5.56 Å². The van der Waals surface area contributed by atoms with Gasteiger partial charge in [0.2, 0.25) is 0 Å². The number of carboxylic acids is 1. The van der Waals surface area contributed by atoms with E-state index < -0.39 is 5.97 Å². The quantitative estimate of drug-likeness (QED) is 0.519. The normalized spacial score (nSPS) is 10.2. The highest BCUT2D eigenvalue weighted by Gasteiger charge is 2.06. The molecule has 3 aromatic rings. The number of hydrogen-bond donors (Lipinski definition) is 2. The molecule has 2 N–H and O–H groups in total. The Balaban J connectivity index is 0.00000280. The smallest absolute Gasteiger partial charge is 0.335 e. The minimum Gasteiger partial charge on any atom is -0.489 e. The van der Waals surface area contributed by atoms with Crippen molar-refractivity contribution in [3.8, 4) is 5.75 Å². The van der Waals surface area contributed by atoms with Crippen molar-refractivity contribution in [3.63, 3.8) is 0 Å². The largest absolute Gasteiger partial charge is 0.489 e. The van der Waals surface area contributed by atoms with Crippen LogP contribution in [0.1, 0.15) is 27.0 Å². The fourth-order valence-corrected chi connectivity index (χ4v) is 2.86. The fraction of sp³-hybridized carbons (Fsp3) is 0.136. The van der Waals surface area contributed by atoms with Crippen LogP contribution in [0.2, 0.25) is 5.02 Å². The van der Waals surface area contributed by atoms with Crippen molar-refractivity contribution in [2.24, 2.45) is 0 Å². The molecule has 0 aliphatic heterocycles. The molecule has 0 heterocycles. The highest BCUT2D eigenvalue weighted by atomic mass is 35.5. The second kappa shape index (κ2) is 10.7. The molecule has 0 aliphatic rings. The Hall–Kier alpha value is -2.53. The Kier molecular flexibility index (Phi) is 8.33. The first-order valence-corrected chi connectivity index (χ1v) is 8.98. The van der Waals surface area contributed by atoms with E-state index >= 15 is 0 Å². The minimum absolute atomic E-state index is 0. The third-order valence-corrected chi connectivity index (χ3v) is 4.53. The molecule has 0 unspecified atom stereocenters. The molecule has 0 spiro atoms. The molecule has 0 saturated carbocycles. The van der Waals surface area contributed by atoms with Gasteiger partial charge in [-0.05, 0) is 29.8 Å². The van der Waals surface area contributed by atoms with Crippen molar-refractivity contribution in [3.05, 3.63) is 100 Å². The Labute approximate surface area is 175 Å². The number of aromatic carboxylic acids is 1. The highest BCUT2D eigenvalue weighted by molar-refractivity contribution is 6.31. The average Bonchev–Trinajstić information content (AvgIpc) is 2.69. The van der Waals surface area contributed by atoms with Crippen LogP contribution in [0.25, 0.3) is 0 Å². The molecular formula is C22H21Cl2NO3. The fourth-order valence-electron chi connectivity index (χ4n) is 2.67. The Bertz CT molecular complexity index is 914. The molecule has 28 heavy (non-hydrogen) atoms. The summed E-state index contributed by atoms with van der Waals surface area (Å²) in [5, 5.41) is 13.0. The van der Waals surface area contributed by atoms with Crippen molar-refractivity contribution < 1.29 is 14.6 Å². The summed E-state index contributed by atoms with van der Waals surface area (Å²) in [7, 11) is 0. The molecule has 0 radical (unpaired) electrons. The average molecular weight is 418 g/mol. The van der Waals surface area contributed by atoms with Crippen LogP contribution in [0.15, 0.2) is 72.8 Å². The summed E-state index contributed by atoms with van der Waals surface area (Å²) >= 11 is 6.18. The number of para-hydroxylation sites is 1. The Morgan fingerprint density at radius 2 is 1.54 bits per heavy atom. The van der Waals surface area contributed by atoms with Crippen molar-refractivity contribution in [2.75, 3.05) is 0 Å². The van der Waals surface area contributed by atoms with Gasteiger partial charge in [0.1, 0.15) is 12.4 Å². The van der Waals surface area contributed by atoms with Crippen molar-refractivity contribution in [1.29, 1.82) is 0 Å². The van der Waals surface area contributed by atoms with Gasteiger partial charge < -0.3 is 15.2 Å². The Morgan fingerprint density at radius 1 is 0.893 bits per heavy atom. The number of halogens is 2.